The number of hydrogen-bond acceptors (Lipinski definition) is 2. The lowest BCUT2D eigenvalue weighted by Gasteiger charge is -2.04. The number of rotatable bonds is 2. The molecule has 25 heavy (non-hydrogen) atoms. The van der Waals surface area contributed by atoms with Crippen molar-refractivity contribution in [2.45, 2.75) is 0 Å². The van der Waals surface area contributed by atoms with Gasteiger partial charge in [0.15, 0.2) is 0 Å². The zero-order valence-electron chi connectivity index (χ0n) is 14.2. The second-order valence-corrected chi connectivity index (χ2v) is 6.40. The van der Waals surface area contributed by atoms with Crippen LogP contribution in [0.15, 0.2) is 83.3 Å². The topological polar surface area (TPSA) is 18.5 Å². The van der Waals surface area contributed by atoms with Crippen molar-refractivity contribution in [3.63, 3.8) is 0 Å². The van der Waals surface area contributed by atoms with E-state index in [0.29, 0.717) is 0 Å². The molecule has 0 radical (unpaired) electrons. The fraction of sp³-hybridized carbons (Fsp3) is 0.0909. The minimum absolute atomic E-state index is 0.874. The van der Waals surface area contributed by atoms with E-state index >= 15 is 0 Å². The number of benzene rings is 4. The van der Waals surface area contributed by atoms with Crippen molar-refractivity contribution in [3.05, 3.63) is 83.3 Å². The third-order valence-electron chi connectivity index (χ3n) is 3.98. The van der Waals surface area contributed by atoms with Crippen LogP contribution in [-0.2, 0) is 0 Å². The lowest BCUT2D eigenvalue weighted by atomic mass is 10.1. The molecule has 0 aromatic heterocycles. The molecule has 0 heterocycles. The van der Waals surface area contributed by atoms with Crippen molar-refractivity contribution in [1.29, 1.82) is 0 Å². The Bertz CT molecular complexity index is 995. The molecule has 0 fully saturated rings. The van der Waals surface area contributed by atoms with Gasteiger partial charge in [-0.15, -0.1) is 0 Å². The molecule has 4 aromatic rings. The first kappa shape index (κ1) is 17.3. The summed E-state index contributed by atoms with van der Waals surface area (Å²) in [7, 11) is 3.36. The van der Waals surface area contributed by atoms with E-state index in [4.69, 9.17) is 9.47 Å². The van der Waals surface area contributed by atoms with Crippen molar-refractivity contribution >= 4 is 37.5 Å². The highest BCUT2D eigenvalue weighted by Crippen LogP contribution is 2.29. The zero-order valence-corrected chi connectivity index (χ0v) is 15.8. The van der Waals surface area contributed by atoms with Gasteiger partial charge in [-0.3, -0.25) is 0 Å². The molecule has 0 aliphatic carbocycles. The normalized spacial score (nSPS) is 10.2. The maximum Gasteiger partial charge on any atom is 0.133 e. The first-order valence-corrected chi connectivity index (χ1v) is 8.75. The number of ether oxygens (including phenoxy) is 2. The summed E-state index contributed by atoms with van der Waals surface area (Å²) in [4.78, 5) is 0. The second kappa shape index (κ2) is 8.04. The molecule has 0 aliphatic heterocycles. The van der Waals surface area contributed by atoms with Gasteiger partial charge in [-0.1, -0.05) is 54.6 Å². The van der Waals surface area contributed by atoms with Crippen LogP contribution in [-0.4, -0.2) is 14.2 Å². The van der Waals surface area contributed by atoms with Crippen LogP contribution in [0.1, 0.15) is 0 Å². The third kappa shape index (κ3) is 4.12. The lowest BCUT2D eigenvalue weighted by Crippen LogP contribution is -1.84. The molecule has 4 aromatic carbocycles. The highest BCUT2D eigenvalue weighted by molar-refractivity contribution is 9.10. The Hall–Kier alpha value is -2.52. The highest BCUT2D eigenvalue weighted by Gasteiger charge is 2.01. The van der Waals surface area contributed by atoms with E-state index in [0.717, 1.165) is 16.0 Å². The van der Waals surface area contributed by atoms with E-state index in [-0.39, 0.29) is 0 Å². The van der Waals surface area contributed by atoms with Crippen molar-refractivity contribution < 1.29 is 9.47 Å². The molecular weight excluding hydrogens is 376 g/mol. The smallest absolute Gasteiger partial charge is 0.133 e. The van der Waals surface area contributed by atoms with Gasteiger partial charge in [0.05, 0.1) is 18.7 Å². The predicted octanol–water partition coefficient (Wildman–Crippen LogP) is 6.46. The molecule has 0 saturated carbocycles. The monoisotopic (exact) mass is 394 g/mol. The van der Waals surface area contributed by atoms with Gasteiger partial charge in [0.25, 0.3) is 0 Å². The lowest BCUT2D eigenvalue weighted by molar-refractivity contribution is 0.413. The van der Waals surface area contributed by atoms with Gasteiger partial charge in [0.2, 0.25) is 0 Å². The van der Waals surface area contributed by atoms with Crippen molar-refractivity contribution in [1.82, 2.24) is 0 Å². The van der Waals surface area contributed by atoms with Gasteiger partial charge in [-0.2, -0.15) is 0 Å². The Morgan fingerprint density at radius 1 is 0.600 bits per heavy atom. The van der Waals surface area contributed by atoms with Gasteiger partial charge in [-0.25, -0.2) is 0 Å². The van der Waals surface area contributed by atoms with E-state index in [9.17, 15) is 0 Å². The van der Waals surface area contributed by atoms with Gasteiger partial charge in [-0.05, 0) is 61.7 Å². The Kier molecular flexibility index (Phi) is 5.56. The van der Waals surface area contributed by atoms with Crippen LogP contribution in [0.25, 0.3) is 21.5 Å². The highest BCUT2D eigenvalue weighted by atomic mass is 79.9. The molecule has 126 valence electrons. The Balaban J connectivity index is 0.000000146. The summed E-state index contributed by atoms with van der Waals surface area (Å²) in [6.07, 6.45) is 0. The minimum atomic E-state index is 0.874. The fourth-order valence-corrected chi connectivity index (χ4v) is 3.17. The molecule has 0 amide bonds. The summed E-state index contributed by atoms with van der Waals surface area (Å²) >= 11 is 3.45. The largest absolute Gasteiger partial charge is 0.497 e. The number of methoxy groups -OCH3 is 2. The molecule has 0 N–H and O–H groups in total. The number of halogens is 1. The first-order chi connectivity index (χ1) is 12.2. The average molecular weight is 395 g/mol. The van der Waals surface area contributed by atoms with Crippen molar-refractivity contribution in [2.75, 3.05) is 14.2 Å². The summed E-state index contributed by atoms with van der Waals surface area (Å²) in [5.74, 6) is 1.78. The molecular formula is C22H19BrO2. The van der Waals surface area contributed by atoms with Crippen LogP contribution >= 0.6 is 15.9 Å². The first-order valence-electron chi connectivity index (χ1n) is 7.96. The molecule has 3 heteroatoms. The van der Waals surface area contributed by atoms with Gasteiger partial charge >= 0.3 is 0 Å². The fourth-order valence-electron chi connectivity index (χ4n) is 2.64. The number of fused-ring (bicyclic) bond motifs is 2. The summed E-state index contributed by atoms with van der Waals surface area (Å²) < 4.78 is 11.3. The molecule has 0 atom stereocenters. The summed E-state index contributed by atoms with van der Waals surface area (Å²) in [5, 5.41) is 4.88. The quantitative estimate of drug-likeness (QED) is 0.388. The Morgan fingerprint density at radius 2 is 1.16 bits per heavy atom. The van der Waals surface area contributed by atoms with Gasteiger partial charge in [0, 0.05) is 0 Å². The molecule has 0 spiro atoms. The molecule has 0 aliphatic rings. The maximum atomic E-state index is 5.21. The van der Waals surface area contributed by atoms with E-state index in [1.54, 1.807) is 14.2 Å². The minimum Gasteiger partial charge on any atom is -0.497 e. The van der Waals surface area contributed by atoms with Crippen LogP contribution < -0.4 is 9.47 Å². The summed E-state index contributed by atoms with van der Waals surface area (Å²) in [5.41, 5.74) is 0. The second-order valence-electron chi connectivity index (χ2n) is 5.55. The average Bonchev–Trinajstić information content (AvgIpc) is 2.67. The summed E-state index contributed by atoms with van der Waals surface area (Å²) in [6, 6.07) is 26.6. The standard InChI is InChI=1S/C11H9BrO.C11H10O/c1-13-11-7-9-5-3-2-4-8(9)6-10(11)12;1-12-11-7-6-9-4-2-3-5-10(9)8-11/h2-7H,1H3;2-8H,1H3. The maximum absolute atomic E-state index is 5.21. The zero-order chi connectivity index (χ0) is 17.6. The Labute approximate surface area is 156 Å². The third-order valence-corrected chi connectivity index (χ3v) is 4.60. The predicted molar refractivity (Wildman–Crippen MR) is 109 cm³/mol. The Morgan fingerprint density at radius 3 is 1.76 bits per heavy atom. The van der Waals surface area contributed by atoms with Gasteiger partial charge in [0.1, 0.15) is 11.5 Å². The molecule has 0 unspecified atom stereocenters. The number of hydrogen-bond donors (Lipinski definition) is 0. The molecule has 2 nitrogen and oxygen atoms in total. The van der Waals surface area contributed by atoms with Crippen molar-refractivity contribution in [3.8, 4) is 11.5 Å². The van der Waals surface area contributed by atoms with E-state index in [1.165, 1.54) is 21.5 Å². The van der Waals surface area contributed by atoms with Crippen LogP contribution in [0.4, 0.5) is 0 Å². The van der Waals surface area contributed by atoms with Crippen LogP contribution in [0.3, 0.4) is 0 Å². The van der Waals surface area contributed by atoms with Crippen LogP contribution in [0.2, 0.25) is 0 Å². The molecule has 4 rings (SSSR count). The van der Waals surface area contributed by atoms with Gasteiger partial charge < -0.3 is 9.47 Å². The SMILES string of the molecule is COc1cc2ccccc2cc1Br.COc1ccc2ccccc2c1. The van der Waals surface area contributed by atoms with E-state index in [1.807, 2.05) is 42.5 Å². The molecule has 0 bridgehead atoms. The van der Waals surface area contributed by atoms with Crippen molar-refractivity contribution in [2.24, 2.45) is 0 Å². The van der Waals surface area contributed by atoms with E-state index < -0.39 is 0 Å². The summed E-state index contributed by atoms with van der Waals surface area (Å²) in [6.45, 7) is 0. The molecule has 0 saturated heterocycles. The van der Waals surface area contributed by atoms with Crippen LogP contribution in [0.5, 0.6) is 11.5 Å². The van der Waals surface area contributed by atoms with Crippen LogP contribution in [0, 0.1) is 0 Å². The van der Waals surface area contributed by atoms with E-state index in [2.05, 4.69) is 52.3 Å².